The third kappa shape index (κ3) is 3.51. The molecular formula is C18H18N2O6S. The maximum absolute atomic E-state index is 13.1. The number of ether oxygens (including phenoxy) is 1. The van der Waals surface area contributed by atoms with Crippen LogP contribution in [0.25, 0.3) is 0 Å². The van der Waals surface area contributed by atoms with E-state index in [2.05, 4.69) is 0 Å². The van der Waals surface area contributed by atoms with Crippen LogP contribution in [0, 0.1) is 0 Å². The molecule has 3 N–H and O–H groups in total. The minimum Gasteiger partial charge on any atom is -0.497 e. The largest absolute Gasteiger partial charge is 0.497 e. The fourth-order valence-electron chi connectivity index (χ4n) is 3.08. The third-order valence-electron chi connectivity index (χ3n) is 4.50. The van der Waals surface area contributed by atoms with Gasteiger partial charge >= 0.3 is 5.97 Å². The van der Waals surface area contributed by atoms with Crippen molar-refractivity contribution in [3.63, 3.8) is 0 Å². The number of nitrogens with two attached hydrogens (primary N) is 1. The van der Waals surface area contributed by atoms with E-state index >= 15 is 0 Å². The molecule has 0 saturated carbocycles. The number of benzene rings is 2. The molecule has 0 fully saturated rings. The van der Waals surface area contributed by atoms with E-state index in [1.54, 1.807) is 18.2 Å². The molecule has 0 aromatic heterocycles. The van der Waals surface area contributed by atoms with Crippen molar-refractivity contribution in [3.05, 3.63) is 53.6 Å². The Hall–Kier alpha value is -2.91. The molecule has 0 amide bonds. The first-order valence-corrected chi connectivity index (χ1v) is 9.48. The lowest BCUT2D eigenvalue weighted by molar-refractivity contribution is -0.151. The van der Waals surface area contributed by atoms with Crippen LogP contribution in [0.4, 0.5) is 5.69 Å². The van der Waals surface area contributed by atoms with Crippen LogP contribution in [-0.2, 0) is 32.6 Å². The van der Waals surface area contributed by atoms with Crippen molar-refractivity contribution in [3.8, 4) is 5.75 Å². The van der Waals surface area contributed by atoms with Crippen molar-refractivity contribution < 1.29 is 27.9 Å². The van der Waals surface area contributed by atoms with Crippen LogP contribution in [0.2, 0.25) is 0 Å². The minimum absolute atomic E-state index is 0.0316. The third-order valence-corrected chi connectivity index (χ3v) is 6.37. The normalized spacial score (nSPS) is 17.1. The van der Waals surface area contributed by atoms with Gasteiger partial charge in [-0.25, -0.2) is 13.2 Å². The van der Waals surface area contributed by atoms with Crippen molar-refractivity contribution in [2.75, 3.05) is 12.8 Å². The zero-order chi connectivity index (χ0) is 19.8. The standard InChI is InChI=1S/C18H18N2O6S/c1-26-14-4-6-15(7-5-14)27(24,25)20-10-12-8-13(19)3-2-11(12)9-16(20)17(21)18(22)23/h2-8,16H,9-10,19H2,1H3,(H,22,23)/t16-/m1/s1. The summed E-state index contributed by atoms with van der Waals surface area (Å²) in [7, 11) is -2.66. The Morgan fingerprint density at radius 1 is 1.15 bits per heavy atom. The van der Waals surface area contributed by atoms with Gasteiger partial charge in [0, 0.05) is 12.2 Å². The molecule has 1 atom stereocenters. The van der Waals surface area contributed by atoms with Gasteiger partial charge in [-0.05, 0) is 53.9 Å². The van der Waals surface area contributed by atoms with Crippen LogP contribution < -0.4 is 10.5 Å². The first-order chi connectivity index (χ1) is 12.7. The second-order valence-electron chi connectivity index (χ2n) is 6.14. The molecule has 0 unspecified atom stereocenters. The summed E-state index contributed by atoms with van der Waals surface area (Å²) in [5.74, 6) is -2.37. The van der Waals surface area contributed by atoms with E-state index in [-0.39, 0.29) is 17.9 Å². The Bertz CT molecular complexity index is 1000. The van der Waals surface area contributed by atoms with Crippen molar-refractivity contribution in [1.82, 2.24) is 4.31 Å². The van der Waals surface area contributed by atoms with Crippen molar-refractivity contribution in [2.24, 2.45) is 0 Å². The van der Waals surface area contributed by atoms with E-state index in [0.717, 1.165) is 4.31 Å². The van der Waals surface area contributed by atoms with Gasteiger partial charge in [-0.2, -0.15) is 4.31 Å². The van der Waals surface area contributed by atoms with Gasteiger partial charge < -0.3 is 15.6 Å². The number of fused-ring (bicyclic) bond motifs is 1. The summed E-state index contributed by atoms with van der Waals surface area (Å²) in [6.07, 6.45) is -0.0316. The smallest absolute Gasteiger partial charge is 0.373 e. The Morgan fingerprint density at radius 2 is 1.81 bits per heavy atom. The number of nitrogens with zero attached hydrogens (tertiary/aromatic N) is 1. The molecule has 0 aliphatic carbocycles. The number of Topliss-reactive ketones (excluding diaryl/α,β-unsaturated/α-hetero) is 1. The molecule has 2 aromatic carbocycles. The van der Waals surface area contributed by atoms with Gasteiger partial charge in [-0.1, -0.05) is 6.07 Å². The Labute approximate surface area is 156 Å². The van der Waals surface area contributed by atoms with E-state index in [1.165, 1.54) is 31.4 Å². The van der Waals surface area contributed by atoms with Crippen molar-refractivity contribution in [2.45, 2.75) is 23.9 Å². The summed E-state index contributed by atoms with van der Waals surface area (Å²) in [6.45, 7) is -0.140. The highest BCUT2D eigenvalue weighted by Crippen LogP contribution is 2.31. The predicted molar refractivity (Wildman–Crippen MR) is 96.7 cm³/mol. The number of nitrogen functional groups attached to an aromatic ring is 1. The van der Waals surface area contributed by atoms with Gasteiger partial charge in [0.25, 0.3) is 5.78 Å². The number of carboxylic acid groups (broad SMARTS) is 1. The first-order valence-electron chi connectivity index (χ1n) is 8.04. The molecule has 2 aromatic rings. The number of rotatable bonds is 5. The molecule has 0 saturated heterocycles. The number of carbonyl (C=O) groups is 2. The molecule has 3 rings (SSSR count). The van der Waals surface area contributed by atoms with Gasteiger partial charge in [0.2, 0.25) is 10.0 Å². The summed E-state index contributed by atoms with van der Waals surface area (Å²) < 4.78 is 32.2. The Morgan fingerprint density at radius 3 is 2.41 bits per heavy atom. The van der Waals surface area contributed by atoms with Gasteiger partial charge in [0.15, 0.2) is 0 Å². The van der Waals surface area contributed by atoms with Gasteiger partial charge in [-0.3, -0.25) is 4.79 Å². The van der Waals surface area contributed by atoms with Crippen molar-refractivity contribution in [1.29, 1.82) is 0 Å². The topological polar surface area (TPSA) is 127 Å². The zero-order valence-corrected chi connectivity index (χ0v) is 15.3. The van der Waals surface area contributed by atoms with Crippen molar-refractivity contribution >= 4 is 27.5 Å². The van der Waals surface area contributed by atoms with Crippen LogP contribution >= 0.6 is 0 Å². The number of methoxy groups -OCH3 is 1. The number of aliphatic carboxylic acids is 1. The molecule has 0 spiro atoms. The van der Waals surface area contributed by atoms with E-state index in [1.807, 2.05) is 0 Å². The SMILES string of the molecule is COc1ccc(S(=O)(=O)N2Cc3cc(N)ccc3C[C@@H]2C(=O)C(=O)O)cc1. The number of anilines is 1. The molecule has 9 heteroatoms. The van der Waals surface area contributed by atoms with E-state index < -0.39 is 27.8 Å². The lowest BCUT2D eigenvalue weighted by atomic mass is 9.93. The molecule has 0 bridgehead atoms. The fraction of sp³-hybridized carbons (Fsp3) is 0.222. The Kier molecular flexibility index (Phi) is 4.90. The maximum Gasteiger partial charge on any atom is 0.373 e. The number of ketones is 1. The van der Waals surface area contributed by atoms with E-state index in [9.17, 15) is 18.0 Å². The average Bonchev–Trinajstić information content (AvgIpc) is 2.66. The molecule has 1 aliphatic heterocycles. The lowest BCUT2D eigenvalue weighted by Gasteiger charge is -2.34. The van der Waals surface area contributed by atoms with Crippen LogP contribution in [0.3, 0.4) is 0 Å². The van der Waals surface area contributed by atoms with Crippen LogP contribution in [0.15, 0.2) is 47.4 Å². The van der Waals surface area contributed by atoms with Gasteiger partial charge in [0.1, 0.15) is 5.75 Å². The van der Waals surface area contributed by atoms with Gasteiger partial charge in [0.05, 0.1) is 18.0 Å². The maximum atomic E-state index is 13.1. The number of carbonyl (C=O) groups excluding carboxylic acids is 1. The van der Waals surface area contributed by atoms with Crippen LogP contribution in [0.5, 0.6) is 5.75 Å². The summed E-state index contributed by atoms with van der Waals surface area (Å²) in [4.78, 5) is 23.4. The fourth-order valence-corrected chi connectivity index (χ4v) is 4.65. The minimum atomic E-state index is -4.12. The highest BCUT2D eigenvalue weighted by Gasteiger charge is 2.41. The van der Waals surface area contributed by atoms with E-state index in [4.69, 9.17) is 15.6 Å². The quantitative estimate of drug-likeness (QED) is 0.577. The highest BCUT2D eigenvalue weighted by molar-refractivity contribution is 7.89. The molecule has 8 nitrogen and oxygen atoms in total. The number of sulfonamides is 1. The molecule has 142 valence electrons. The zero-order valence-electron chi connectivity index (χ0n) is 14.5. The van der Waals surface area contributed by atoms with Crippen LogP contribution in [-0.4, -0.2) is 42.7 Å². The molecule has 0 radical (unpaired) electrons. The van der Waals surface area contributed by atoms with Crippen LogP contribution in [0.1, 0.15) is 11.1 Å². The second kappa shape index (κ2) is 7.01. The monoisotopic (exact) mass is 390 g/mol. The first kappa shape index (κ1) is 18.9. The molecular weight excluding hydrogens is 372 g/mol. The summed E-state index contributed by atoms with van der Waals surface area (Å²) in [5.41, 5.74) is 7.58. The average molecular weight is 390 g/mol. The number of hydrogen-bond acceptors (Lipinski definition) is 6. The second-order valence-corrected chi connectivity index (χ2v) is 8.03. The lowest BCUT2D eigenvalue weighted by Crippen LogP contribution is -2.50. The number of carboxylic acids is 1. The molecule has 1 heterocycles. The molecule has 1 aliphatic rings. The molecule has 27 heavy (non-hydrogen) atoms. The predicted octanol–water partition coefficient (Wildman–Crippen LogP) is 1.05. The Balaban J connectivity index is 2.07. The van der Waals surface area contributed by atoms with Gasteiger partial charge in [-0.15, -0.1) is 0 Å². The summed E-state index contributed by atoms with van der Waals surface area (Å²) in [6, 6.07) is 9.29. The summed E-state index contributed by atoms with van der Waals surface area (Å²) in [5, 5.41) is 9.14. The highest BCUT2D eigenvalue weighted by atomic mass is 32.2. The summed E-state index contributed by atoms with van der Waals surface area (Å²) >= 11 is 0. The van der Waals surface area contributed by atoms with E-state index in [0.29, 0.717) is 22.6 Å². The number of hydrogen-bond donors (Lipinski definition) is 2.